The molecule has 0 aliphatic heterocycles. The number of ether oxygens (including phenoxy) is 1. The molecule has 1 aromatic heterocycles. The van der Waals surface area contributed by atoms with Crippen LogP contribution < -0.4 is 4.74 Å². The van der Waals surface area contributed by atoms with Gasteiger partial charge < -0.3 is 14.4 Å². The molecule has 0 aliphatic carbocycles. The molecule has 0 fully saturated rings. The largest absolute Gasteiger partial charge is 0.495 e. The molecule has 4 nitrogen and oxygen atoms in total. The van der Waals surface area contributed by atoms with Crippen LogP contribution in [0.3, 0.4) is 0 Å². The molecule has 0 saturated carbocycles. The Balaban J connectivity index is 2.58. The van der Waals surface area contributed by atoms with Crippen LogP contribution in [0.5, 0.6) is 5.75 Å². The SMILES string of the molecule is COc1ccccc1-n1cccc1C(=O)O. The van der Waals surface area contributed by atoms with Crippen LogP contribution in [0, 0.1) is 0 Å². The number of carbonyl (C=O) groups is 1. The van der Waals surface area contributed by atoms with Gasteiger partial charge in [-0.05, 0) is 24.3 Å². The van der Waals surface area contributed by atoms with Gasteiger partial charge in [0.25, 0.3) is 0 Å². The van der Waals surface area contributed by atoms with E-state index in [1.165, 1.54) is 0 Å². The van der Waals surface area contributed by atoms with E-state index < -0.39 is 5.97 Å². The predicted octanol–water partition coefficient (Wildman–Crippen LogP) is 2.18. The van der Waals surface area contributed by atoms with E-state index in [4.69, 9.17) is 9.84 Å². The maximum Gasteiger partial charge on any atom is 0.352 e. The van der Waals surface area contributed by atoms with E-state index in [1.54, 1.807) is 36.1 Å². The van der Waals surface area contributed by atoms with Gasteiger partial charge in [-0.3, -0.25) is 0 Å². The molecule has 0 unspecified atom stereocenters. The molecule has 2 rings (SSSR count). The van der Waals surface area contributed by atoms with Crippen molar-refractivity contribution in [2.45, 2.75) is 0 Å². The highest BCUT2D eigenvalue weighted by atomic mass is 16.5. The van der Waals surface area contributed by atoms with Crippen LogP contribution >= 0.6 is 0 Å². The molecular formula is C12H11NO3. The third kappa shape index (κ3) is 1.65. The highest BCUT2D eigenvalue weighted by Gasteiger charge is 2.12. The van der Waals surface area contributed by atoms with Crippen LogP contribution in [-0.4, -0.2) is 22.8 Å². The lowest BCUT2D eigenvalue weighted by Gasteiger charge is -2.10. The molecule has 0 atom stereocenters. The van der Waals surface area contributed by atoms with Gasteiger partial charge in [-0.25, -0.2) is 4.79 Å². The van der Waals surface area contributed by atoms with Crippen LogP contribution in [0.25, 0.3) is 5.69 Å². The van der Waals surface area contributed by atoms with Crippen molar-refractivity contribution in [2.24, 2.45) is 0 Å². The summed E-state index contributed by atoms with van der Waals surface area (Å²) in [6.45, 7) is 0. The van der Waals surface area contributed by atoms with E-state index in [-0.39, 0.29) is 5.69 Å². The van der Waals surface area contributed by atoms with Crippen LogP contribution in [0.2, 0.25) is 0 Å². The highest BCUT2D eigenvalue weighted by molar-refractivity contribution is 5.86. The predicted molar refractivity (Wildman–Crippen MR) is 59.3 cm³/mol. The molecule has 0 spiro atoms. The molecule has 2 aromatic rings. The van der Waals surface area contributed by atoms with Crippen LogP contribution in [0.4, 0.5) is 0 Å². The van der Waals surface area contributed by atoms with E-state index in [2.05, 4.69) is 0 Å². The van der Waals surface area contributed by atoms with Gasteiger partial charge in [-0.15, -0.1) is 0 Å². The first-order valence-corrected chi connectivity index (χ1v) is 4.78. The number of carboxylic acids is 1. The summed E-state index contributed by atoms with van der Waals surface area (Å²) in [5.74, 6) is -0.322. The third-order valence-corrected chi connectivity index (χ3v) is 2.31. The number of rotatable bonds is 3. The molecule has 4 heteroatoms. The molecule has 0 aliphatic rings. The lowest BCUT2D eigenvalue weighted by atomic mass is 10.3. The zero-order valence-electron chi connectivity index (χ0n) is 8.75. The van der Waals surface area contributed by atoms with E-state index >= 15 is 0 Å². The summed E-state index contributed by atoms with van der Waals surface area (Å²) in [6.07, 6.45) is 1.70. The Bertz CT molecular complexity index is 516. The Morgan fingerprint density at radius 2 is 2.00 bits per heavy atom. The molecule has 16 heavy (non-hydrogen) atoms. The van der Waals surface area contributed by atoms with Crippen molar-refractivity contribution >= 4 is 5.97 Å². The monoisotopic (exact) mass is 217 g/mol. The van der Waals surface area contributed by atoms with Gasteiger partial charge >= 0.3 is 5.97 Å². The molecule has 1 heterocycles. The van der Waals surface area contributed by atoms with Crippen molar-refractivity contribution in [3.05, 3.63) is 48.3 Å². The smallest absolute Gasteiger partial charge is 0.352 e. The van der Waals surface area contributed by atoms with Gasteiger partial charge in [0.2, 0.25) is 0 Å². The maximum absolute atomic E-state index is 11.0. The van der Waals surface area contributed by atoms with Crippen LogP contribution in [-0.2, 0) is 0 Å². The average Bonchev–Trinajstić information content (AvgIpc) is 2.77. The summed E-state index contributed by atoms with van der Waals surface area (Å²) < 4.78 is 6.77. The minimum atomic E-state index is -0.962. The number of aromatic carboxylic acids is 1. The fourth-order valence-electron chi connectivity index (χ4n) is 1.59. The second-order valence-corrected chi connectivity index (χ2v) is 3.24. The quantitative estimate of drug-likeness (QED) is 0.857. The van der Waals surface area contributed by atoms with Crippen molar-refractivity contribution in [3.8, 4) is 11.4 Å². The first kappa shape index (κ1) is 10.3. The van der Waals surface area contributed by atoms with E-state index in [9.17, 15) is 4.79 Å². The zero-order valence-corrected chi connectivity index (χ0v) is 8.75. The second kappa shape index (κ2) is 4.10. The van der Waals surface area contributed by atoms with Crippen LogP contribution in [0.15, 0.2) is 42.6 Å². The number of hydrogen-bond acceptors (Lipinski definition) is 2. The third-order valence-electron chi connectivity index (χ3n) is 2.31. The summed E-state index contributed by atoms with van der Waals surface area (Å²) in [5, 5.41) is 9.02. The second-order valence-electron chi connectivity index (χ2n) is 3.24. The molecule has 0 bridgehead atoms. The molecule has 0 amide bonds. The van der Waals surface area contributed by atoms with Gasteiger partial charge in [0.15, 0.2) is 0 Å². The van der Waals surface area contributed by atoms with Gasteiger partial charge in [0, 0.05) is 6.20 Å². The van der Waals surface area contributed by atoms with E-state index in [0.717, 1.165) is 0 Å². The van der Waals surface area contributed by atoms with Crippen molar-refractivity contribution in [3.63, 3.8) is 0 Å². The summed E-state index contributed by atoms with van der Waals surface area (Å²) >= 11 is 0. The molecule has 0 radical (unpaired) electrons. The first-order valence-electron chi connectivity index (χ1n) is 4.78. The van der Waals surface area contributed by atoms with E-state index in [0.29, 0.717) is 11.4 Å². The van der Waals surface area contributed by atoms with Gasteiger partial charge in [0.1, 0.15) is 11.4 Å². The summed E-state index contributed by atoms with van der Waals surface area (Å²) in [4.78, 5) is 11.0. The molecular weight excluding hydrogens is 206 g/mol. The number of para-hydroxylation sites is 2. The Morgan fingerprint density at radius 1 is 1.25 bits per heavy atom. The minimum absolute atomic E-state index is 0.213. The molecule has 1 aromatic carbocycles. The van der Waals surface area contributed by atoms with E-state index in [1.807, 2.05) is 18.2 Å². The number of carboxylic acid groups (broad SMARTS) is 1. The Hall–Kier alpha value is -2.23. The standard InChI is InChI=1S/C12H11NO3/c1-16-11-7-3-2-5-9(11)13-8-4-6-10(13)12(14)15/h2-8H,1H3,(H,14,15). The van der Waals surface area contributed by atoms with Crippen molar-refractivity contribution < 1.29 is 14.6 Å². The first-order chi connectivity index (χ1) is 7.74. The van der Waals surface area contributed by atoms with Gasteiger partial charge in [0.05, 0.1) is 12.8 Å². The fraction of sp³-hybridized carbons (Fsp3) is 0.0833. The fourth-order valence-corrected chi connectivity index (χ4v) is 1.59. The molecule has 0 saturated heterocycles. The number of methoxy groups -OCH3 is 1. The Morgan fingerprint density at radius 3 is 2.69 bits per heavy atom. The van der Waals surface area contributed by atoms with Crippen molar-refractivity contribution in [2.75, 3.05) is 7.11 Å². The summed E-state index contributed by atoms with van der Waals surface area (Å²) in [6, 6.07) is 10.5. The van der Waals surface area contributed by atoms with Crippen molar-refractivity contribution in [1.82, 2.24) is 4.57 Å². The minimum Gasteiger partial charge on any atom is -0.495 e. The molecule has 1 N–H and O–H groups in total. The van der Waals surface area contributed by atoms with Crippen molar-refractivity contribution in [1.29, 1.82) is 0 Å². The Kier molecular flexibility index (Phi) is 2.64. The van der Waals surface area contributed by atoms with Gasteiger partial charge in [-0.1, -0.05) is 12.1 Å². The maximum atomic E-state index is 11.0. The Labute approximate surface area is 92.7 Å². The number of nitrogens with zero attached hydrogens (tertiary/aromatic N) is 1. The van der Waals surface area contributed by atoms with Crippen LogP contribution in [0.1, 0.15) is 10.5 Å². The normalized spacial score (nSPS) is 10.1. The molecule has 82 valence electrons. The lowest BCUT2D eigenvalue weighted by molar-refractivity contribution is 0.0688. The number of hydrogen-bond donors (Lipinski definition) is 1. The van der Waals surface area contributed by atoms with Gasteiger partial charge in [-0.2, -0.15) is 0 Å². The highest BCUT2D eigenvalue weighted by Crippen LogP contribution is 2.23. The summed E-state index contributed by atoms with van der Waals surface area (Å²) in [7, 11) is 1.56. The number of benzene rings is 1. The average molecular weight is 217 g/mol. The topological polar surface area (TPSA) is 51.5 Å². The summed E-state index contributed by atoms with van der Waals surface area (Å²) in [5.41, 5.74) is 0.928. The zero-order chi connectivity index (χ0) is 11.5. The lowest BCUT2D eigenvalue weighted by Crippen LogP contribution is -2.06. The number of aromatic nitrogens is 1.